The highest BCUT2D eigenvalue weighted by Crippen LogP contribution is 2.31. The second-order valence-corrected chi connectivity index (χ2v) is 8.53. The summed E-state index contributed by atoms with van der Waals surface area (Å²) >= 11 is 0. The van der Waals surface area contributed by atoms with E-state index in [9.17, 15) is 13.2 Å². The number of sulfonamides is 1. The SMILES string of the molecule is COc1c(C)cc(S(=O)(=O)Nc2ccc(C)c(N3CCCC3=O)c2)cc1C. The van der Waals surface area contributed by atoms with E-state index in [1.807, 2.05) is 26.8 Å². The molecule has 1 fully saturated rings. The predicted molar refractivity (Wildman–Crippen MR) is 106 cm³/mol. The highest BCUT2D eigenvalue weighted by atomic mass is 32.2. The lowest BCUT2D eigenvalue weighted by Gasteiger charge is -2.20. The van der Waals surface area contributed by atoms with Gasteiger partial charge in [-0.05, 0) is 68.1 Å². The second-order valence-electron chi connectivity index (χ2n) is 6.85. The van der Waals surface area contributed by atoms with Crippen molar-refractivity contribution < 1.29 is 17.9 Å². The molecule has 0 radical (unpaired) electrons. The minimum Gasteiger partial charge on any atom is -0.496 e. The van der Waals surface area contributed by atoms with E-state index in [0.717, 1.165) is 28.8 Å². The number of ether oxygens (including phenoxy) is 1. The Morgan fingerprint density at radius 3 is 2.26 bits per heavy atom. The number of methoxy groups -OCH3 is 1. The van der Waals surface area contributed by atoms with Crippen LogP contribution in [0.3, 0.4) is 0 Å². The van der Waals surface area contributed by atoms with E-state index < -0.39 is 10.0 Å². The molecule has 144 valence electrons. The first kappa shape index (κ1) is 19.2. The predicted octanol–water partition coefficient (Wildman–Crippen LogP) is 3.55. The third kappa shape index (κ3) is 3.78. The lowest BCUT2D eigenvalue weighted by molar-refractivity contribution is -0.117. The van der Waals surface area contributed by atoms with Gasteiger partial charge in [-0.2, -0.15) is 0 Å². The van der Waals surface area contributed by atoms with Gasteiger partial charge in [0, 0.05) is 18.7 Å². The highest BCUT2D eigenvalue weighted by Gasteiger charge is 2.24. The number of amides is 1. The molecule has 1 amide bonds. The normalized spacial score (nSPS) is 14.5. The van der Waals surface area contributed by atoms with Crippen LogP contribution in [0.4, 0.5) is 11.4 Å². The fourth-order valence-electron chi connectivity index (χ4n) is 3.47. The average molecular weight is 388 g/mol. The average Bonchev–Trinajstić information content (AvgIpc) is 3.02. The van der Waals surface area contributed by atoms with Crippen LogP contribution in [0.15, 0.2) is 35.2 Å². The van der Waals surface area contributed by atoms with Gasteiger partial charge in [-0.15, -0.1) is 0 Å². The first-order valence-corrected chi connectivity index (χ1v) is 10.3. The quantitative estimate of drug-likeness (QED) is 0.850. The van der Waals surface area contributed by atoms with Crippen molar-refractivity contribution >= 4 is 27.3 Å². The second kappa shape index (κ2) is 7.23. The Hall–Kier alpha value is -2.54. The fourth-order valence-corrected chi connectivity index (χ4v) is 4.69. The van der Waals surface area contributed by atoms with Crippen molar-refractivity contribution in [1.29, 1.82) is 0 Å². The zero-order chi connectivity index (χ0) is 19.8. The van der Waals surface area contributed by atoms with Crippen molar-refractivity contribution in [2.24, 2.45) is 0 Å². The Kier molecular flexibility index (Phi) is 5.15. The molecule has 2 aromatic carbocycles. The highest BCUT2D eigenvalue weighted by molar-refractivity contribution is 7.92. The van der Waals surface area contributed by atoms with Gasteiger partial charge in [0.25, 0.3) is 10.0 Å². The summed E-state index contributed by atoms with van der Waals surface area (Å²) in [6.07, 6.45) is 1.35. The maximum atomic E-state index is 12.9. The zero-order valence-corrected chi connectivity index (χ0v) is 16.8. The van der Waals surface area contributed by atoms with Gasteiger partial charge in [-0.1, -0.05) is 6.07 Å². The fraction of sp³-hybridized carbons (Fsp3) is 0.350. The molecule has 0 spiro atoms. The Morgan fingerprint density at radius 2 is 1.70 bits per heavy atom. The largest absolute Gasteiger partial charge is 0.496 e. The van der Waals surface area contributed by atoms with E-state index in [-0.39, 0.29) is 10.8 Å². The van der Waals surface area contributed by atoms with Crippen LogP contribution in [0.1, 0.15) is 29.5 Å². The monoisotopic (exact) mass is 388 g/mol. The van der Waals surface area contributed by atoms with Crippen LogP contribution in [-0.2, 0) is 14.8 Å². The summed E-state index contributed by atoms with van der Waals surface area (Å²) in [5, 5.41) is 0. The van der Waals surface area contributed by atoms with Crippen molar-refractivity contribution in [3.63, 3.8) is 0 Å². The molecule has 27 heavy (non-hydrogen) atoms. The lowest BCUT2D eigenvalue weighted by atomic mass is 10.1. The molecule has 0 unspecified atom stereocenters. The van der Waals surface area contributed by atoms with Crippen LogP contribution >= 0.6 is 0 Å². The van der Waals surface area contributed by atoms with E-state index in [4.69, 9.17) is 4.74 Å². The van der Waals surface area contributed by atoms with Crippen molar-refractivity contribution in [2.75, 3.05) is 23.3 Å². The van der Waals surface area contributed by atoms with Crippen LogP contribution in [-0.4, -0.2) is 28.0 Å². The topological polar surface area (TPSA) is 75.7 Å². The summed E-state index contributed by atoms with van der Waals surface area (Å²) in [5.74, 6) is 0.749. The first-order valence-electron chi connectivity index (χ1n) is 8.82. The Balaban J connectivity index is 1.94. The van der Waals surface area contributed by atoms with Gasteiger partial charge in [0.1, 0.15) is 5.75 Å². The summed E-state index contributed by atoms with van der Waals surface area (Å²) in [7, 11) is -2.19. The molecule has 7 heteroatoms. The number of nitrogens with one attached hydrogen (secondary N) is 1. The summed E-state index contributed by atoms with van der Waals surface area (Å²) in [6, 6.07) is 8.43. The number of anilines is 2. The molecule has 1 heterocycles. The standard InChI is InChI=1S/C20H24N2O4S/c1-13-7-8-16(12-18(13)22-9-5-6-19(22)23)21-27(24,25)17-10-14(2)20(26-4)15(3)11-17/h7-8,10-12,21H,5-6,9H2,1-4H3. The number of hydrogen-bond acceptors (Lipinski definition) is 4. The van der Waals surface area contributed by atoms with E-state index >= 15 is 0 Å². The molecular formula is C20H24N2O4S. The Morgan fingerprint density at radius 1 is 1.04 bits per heavy atom. The lowest BCUT2D eigenvalue weighted by Crippen LogP contribution is -2.24. The molecule has 3 rings (SSSR count). The van der Waals surface area contributed by atoms with Crippen LogP contribution in [0.25, 0.3) is 0 Å². The molecule has 0 bridgehead atoms. The molecule has 0 atom stereocenters. The maximum Gasteiger partial charge on any atom is 0.261 e. The maximum absolute atomic E-state index is 12.9. The van der Waals surface area contributed by atoms with Gasteiger partial charge < -0.3 is 9.64 Å². The summed E-state index contributed by atoms with van der Waals surface area (Å²) in [4.78, 5) is 14.0. The van der Waals surface area contributed by atoms with Gasteiger partial charge in [-0.25, -0.2) is 8.42 Å². The number of carbonyl (C=O) groups excluding carboxylic acids is 1. The van der Waals surface area contributed by atoms with Crippen LogP contribution in [0.2, 0.25) is 0 Å². The van der Waals surface area contributed by atoms with Gasteiger partial charge in [-0.3, -0.25) is 9.52 Å². The summed E-state index contributed by atoms with van der Waals surface area (Å²) < 4.78 is 33.6. The molecule has 0 saturated carbocycles. The van der Waals surface area contributed by atoms with Crippen LogP contribution < -0.4 is 14.4 Å². The summed E-state index contributed by atoms with van der Waals surface area (Å²) in [5.41, 5.74) is 3.63. The molecule has 1 aliphatic rings. The third-order valence-corrected chi connectivity index (χ3v) is 6.13. The van der Waals surface area contributed by atoms with E-state index in [1.165, 1.54) is 0 Å². The number of carbonyl (C=O) groups is 1. The van der Waals surface area contributed by atoms with Crippen LogP contribution in [0, 0.1) is 20.8 Å². The van der Waals surface area contributed by atoms with Gasteiger partial charge in [0.2, 0.25) is 5.91 Å². The Bertz CT molecular complexity index is 976. The summed E-state index contributed by atoms with van der Waals surface area (Å²) in [6.45, 7) is 6.20. The van der Waals surface area contributed by atoms with Gasteiger partial charge >= 0.3 is 0 Å². The molecule has 0 aromatic heterocycles. The number of rotatable bonds is 5. The molecule has 1 aliphatic heterocycles. The van der Waals surface area contributed by atoms with Crippen molar-refractivity contribution in [3.05, 3.63) is 47.0 Å². The first-order chi connectivity index (χ1) is 12.7. The minimum absolute atomic E-state index is 0.0690. The molecule has 0 aliphatic carbocycles. The van der Waals surface area contributed by atoms with Crippen molar-refractivity contribution in [1.82, 2.24) is 0 Å². The van der Waals surface area contributed by atoms with E-state index in [2.05, 4.69) is 4.72 Å². The zero-order valence-electron chi connectivity index (χ0n) is 16.0. The smallest absolute Gasteiger partial charge is 0.261 e. The molecule has 6 nitrogen and oxygen atoms in total. The molecule has 1 saturated heterocycles. The Labute approximate surface area is 160 Å². The number of hydrogen-bond donors (Lipinski definition) is 1. The number of benzene rings is 2. The van der Waals surface area contributed by atoms with Gasteiger partial charge in [0.15, 0.2) is 0 Å². The molecule has 1 N–H and O–H groups in total. The third-order valence-electron chi connectivity index (χ3n) is 4.77. The van der Waals surface area contributed by atoms with Crippen molar-refractivity contribution in [2.45, 2.75) is 38.5 Å². The van der Waals surface area contributed by atoms with Gasteiger partial charge in [0.05, 0.1) is 17.7 Å². The number of nitrogens with zero attached hydrogens (tertiary/aromatic N) is 1. The van der Waals surface area contributed by atoms with E-state index in [0.29, 0.717) is 24.4 Å². The number of aryl methyl sites for hydroxylation is 3. The minimum atomic E-state index is -3.76. The van der Waals surface area contributed by atoms with Crippen LogP contribution in [0.5, 0.6) is 5.75 Å². The van der Waals surface area contributed by atoms with Crippen molar-refractivity contribution in [3.8, 4) is 5.75 Å². The molecule has 2 aromatic rings. The van der Waals surface area contributed by atoms with E-state index in [1.54, 1.807) is 36.3 Å². The molecular weight excluding hydrogens is 364 g/mol.